The van der Waals surface area contributed by atoms with E-state index in [0.29, 0.717) is 0 Å². The predicted molar refractivity (Wildman–Crippen MR) is 31.8 cm³/mol. The van der Waals surface area contributed by atoms with Gasteiger partial charge in [-0.15, -0.1) is 0 Å². The standard InChI is InChI=1S/C6H5Te/c7-6-4-2-1-3-5-6/h1-5H/q+1. The van der Waals surface area contributed by atoms with Gasteiger partial charge in [-0.05, 0) is 0 Å². The first-order chi connectivity index (χ1) is 3.39. The maximum atomic E-state index is 2.09. The first-order valence-corrected chi connectivity index (χ1v) is 3.28. The van der Waals surface area contributed by atoms with Crippen LogP contribution in [0.5, 0.6) is 0 Å². The van der Waals surface area contributed by atoms with Crippen LogP contribution in [-0.2, 0) is 0 Å². The topological polar surface area (TPSA) is 0 Å². The molecule has 0 saturated carbocycles. The van der Waals surface area contributed by atoms with E-state index < -0.39 is 0 Å². The van der Waals surface area contributed by atoms with E-state index in [-0.39, 0.29) is 0 Å². The van der Waals surface area contributed by atoms with Gasteiger partial charge in [0.1, 0.15) is 0 Å². The van der Waals surface area contributed by atoms with Crippen molar-refractivity contribution in [3.05, 3.63) is 30.3 Å². The summed E-state index contributed by atoms with van der Waals surface area (Å²) in [5.41, 5.74) is 0. The fraction of sp³-hybridized carbons (Fsp3) is 0. The molecule has 0 fully saturated rings. The van der Waals surface area contributed by atoms with Gasteiger partial charge in [-0.1, -0.05) is 0 Å². The second-order valence-electron chi connectivity index (χ2n) is 1.31. The molecule has 0 amide bonds. The Bertz CT molecular complexity index is 134. The first kappa shape index (κ1) is 5.15. The average molecular weight is 205 g/mol. The molecule has 0 aliphatic rings. The van der Waals surface area contributed by atoms with Crippen molar-refractivity contribution in [2.24, 2.45) is 0 Å². The van der Waals surface area contributed by atoms with Gasteiger partial charge in [0.25, 0.3) is 0 Å². The van der Waals surface area contributed by atoms with Gasteiger partial charge in [0.05, 0.1) is 0 Å². The number of hydrogen-bond donors (Lipinski definition) is 0. The van der Waals surface area contributed by atoms with E-state index in [1.165, 1.54) is 3.61 Å². The van der Waals surface area contributed by atoms with Gasteiger partial charge in [-0.25, -0.2) is 0 Å². The molecule has 0 nitrogen and oxygen atoms in total. The van der Waals surface area contributed by atoms with Crippen molar-refractivity contribution < 1.29 is 0 Å². The molecule has 0 aromatic heterocycles. The van der Waals surface area contributed by atoms with Crippen molar-refractivity contribution in [1.82, 2.24) is 0 Å². The Kier molecular flexibility index (Phi) is 1.73. The molecule has 1 heteroatoms. The molecule has 0 aliphatic heterocycles. The summed E-state index contributed by atoms with van der Waals surface area (Å²) in [7, 11) is 0. The fourth-order valence-corrected chi connectivity index (χ4v) is 0.869. The zero-order valence-electron chi connectivity index (χ0n) is 3.79. The van der Waals surface area contributed by atoms with Crippen LogP contribution in [-0.4, -0.2) is 22.3 Å². The molecular weight excluding hydrogens is 200 g/mol. The Hall–Kier alpha value is 0.00961. The number of rotatable bonds is 0. The second kappa shape index (κ2) is 2.35. The Morgan fingerprint density at radius 1 is 1.00 bits per heavy atom. The molecule has 0 bridgehead atoms. The third-order valence-corrected chi connectivity index (χ3v) is 1.52. The van der Waals surface area contributed by atoms with Gasteiger partial charge in [0.2, 0.25) is 0 Å². The average Bonchev–Trinajstić information content (AvgIpc) is 1.69. The van der Waals surface area contributed by atoms with Crippen LogP contribution in [0, 0.1) is 0 Å². The van der Waals surface area contributed by atoms with E-state index in [4.69, 9.17) is 0 Å². The van der Waals surface area contributed by atoms with Gasteiger partial charge in [-0.2, -0.15) is 0 Å². The van der Waals surface area contributed by atoms with Crippen LogP contribution in [0.3, 0.4) is 0 Å². The van der Waals surface area contributed by atoms with Crippen molar-refractivity contribution in [2.45, 2.75) is 0 Å². The van der Waals surface area contributed by atoms with Crippen LogP contribution in [0.2, 0.25) is 0 Å². The summed E-state index contributed by atoms with van der Waals surface area (Å²) in [4.78, 5) is 0. The van der Waals surface area contributed by atoms with Crippen LogP contribution in [0.1, 0.15) is 0 Å². The summed E-state index contributed by atoms with van der Waals surface area (Å²) in [6.07, 6.45) is 0. The molecule has 34 valence electrons. The Morgan fingerprint density at radius 2 is 1.57 bits per heavy atom. The molecule has 0 saturated heterocycles. The summed E-state index contributed by atoms with van der Waals surface area (Å²) < 4.78 is 1.33. The van der Waals surface area contributed by atoms with Gasteiger partial charge < -0.3 is 0 Å². The quantitative estimate of drug-likeness (QED) is 0.540. The van der Waals surface area contributed by atoms with Gasteiger partial charge in [0.15, 0.2) is 0 Å². The predicted octanol–water partition coefficient (Wildman–Crippen LogP) is 0.480. The molecule has 0 unspecified atom stereocenters. The number of benzene rings is 1. The van der Waals surface area contributed by atoms with E-state index >= 15 is 0 Å². The first-order valence-electron chi connectivity index (χ1n) is 2.11. The molecule has 1 aromatic rings. The van der Waals surface area contributed by atoms with E-state index in [9.17, 15) is 0 Å². The van der Waals surface area contributed by atoms with E-state index in [0.717, 1.165) is 0 Å². The van der Waals surface area contributed by atoms with Crippen molar-refractivity contribution in [1.29, 1.82) is 0 Å². The second-order valence-corrected chi connectivity index (χ2v) is 2.66. The Labute approximate surface area is 56.5 Å². The summed E-state index contributed by atoms with van der Waals surface area (Å²) in [5.74, 6) is 0. The van der Waals surface area contributed by atoms with Gasteiger partial charge in [0, 0.05) is 0 Å². The Balaban J connectivity index is 3.02. The third kappa shape index (κ3) is 1.51. The van der Waals surface area contributed by atoms with Crippen LogP contribution < -0.4 is 3.61 Å². The molecule has 0 spiro atoms. The van der Waals surface area contributed by atoms with Crippen molar-refractivity contribution in [3.8, 4) is 0 Å². The van der Waals surface area contributed by atoms with E-state index in [2.05, 4.69) is 12.1 Å². The molecule has 7 heavy (non-hydrogen) atoms. The molecule has 1 aromatic carbocycles. The zero-order chi connectivity index (χ0) is 5.11. The Morgan fingerprint density at radius 3 is 1.86 bits per heavy atom. The van der Waals surface area contributed by atoms with Crippen LogP contribution >= 0.6 is 0 Å². The zero-order valence-corrected chi connectivity index (χ0v) is 6.13. The molecule has 0 atom stereocenters. The van der Waals surface area contributed by atoms with Crippen LogP contribution in [0.25, 0.3) is 0 Å². The van der Waals surface area contributed by atoms with Crippen molar-refractivity contribution in [2.75, 3.05) is 0 Å². The van der Waals surface area contributed by atoms with E-state index in [1.807, 2.05) is 40.5 Å². The van der Waals surface area contributed by atoms with Crippen LogP contribution in [0.4, 0.5) is 0 Å². The monoisotopic (exact) mass is 207 g/mol. The number of hydrogen-bond acceptors (Lipinski definition) is 0. The molecule has 0 aliphatic carbocycles. The summed E-state index contributed by atoms with van der Waals surface area (Å²) in [5, 5.41) is 0. The normalized spacial score (nSPS) is 8.57. The third-order valence-electron chi connectivity index (χ3n) is 0.743. The maximum absolute atomic E-state index is 2.09. The van der Waals surface area contributed by atoms with Crippen LogP contribution in [0.15, 0.2) is 30.3 Å². The SMILES string of the molecule is [Te+]c1ccccc1. The molecule has 1 rings (SSSR count). The van der Waals surface area contributed by atoms with Crippen molar-refractivity contribution in [3.63, 3.8) is 0 Å². The summed E-state index contributed by atoms with van der Waals surface area (Å²) in [6.45, 7) is 0. The van der Waals surface area contributed by atoms with Gasteiger partial charge in [-0.3, -0.25) is 0 Å². The molecular formula is C6H5Te+. The summed E-state index contributed by atoms with van der Waals surface area (Å²) >= 11 is 2.02. The molecule has 2 radical (unpaired) electrons. The van der Waals surface area contributed by atoms with E-state index in [1.54, 1.807) is 0 Å². The minimum absolute atomic E-state index is 1.33. The summed E-state index contributed by atoms with van der Waals surface area (Å²) in [6, 6.07) is 10.3. The van der Waals surface area contributed by atoms with Gasteiger partial charge >= 0.3 is 56.2 Å². The molecule has 0 heterocycles. The fourth-order valence-electron chi connectivity index (χ4n) is 0.420. The van der Waals surface area contributed by atoms with Crippen molar-refractivity contribution >= 4 is 25.9 Å². The molecule has 0 N–H and O–H groups in total. The minimum atomic E-state index is 1.33.